The van der Waals surface area contributed by atoms with Crippen molar-refractivity contribution in [2.24, 2.45) is 0 Å². The van der Waals surface area contributed by atoms with Gasteiger partial charge >= 0.3 is 5.97 Å². The lowest BCUT2D eigenvalue weighted by atomic mass is 9.99. The van der Waals surface area contributed by atoms with E-state index in [1.165, 1.54) is 122 Å². The Hall–Kier alpha value is -2.34. The third-order valence-corrected chi connectivity index (χ3v) is 11.9. The topological polar surface area (TPSA) is 133 Å². The molecule has 0 saturated carbocycles. The number of hydrogen-bond donors (Lipinski definition) is 3. The summed E-state index contributed by atoms with van der Waals surface area (Å²) in [5.41, 5.74) is 0.406. The number of carbonyl (C=O) groups is 2. The van der Waals surface area contributed by atoms with Crippen LogP contribution in [0, 0.1) is 0 Å². The van der Waals surface area contributed by atoms with Crippen LogP contribution in [0.5, 0.6) is 0 Å². The highest BCUT2D eigenvalue weighted by Crippen LogP contribution is 2.37. The van der Waals surface area contributed by atoms with Crippen molar-refractivity contribution in [3.63, 3.8) is 0 Å². The number of fused-ring (bicyclic) bond motifs is 1. The molecule has 10 nitrogen and oxygen atoms in total. The Morgan fingerprint density at radius 2 is 1.23 bits per heavy atom. The fourth-order valence-corrected chi connectivity index (χ4v) is 8.32. The summed E-state index contributed by atoms with van der Waals surface area (Å²) < 4.78 is 30.3. The SMILES string of the molecule is CCCCCCCCCCCCCC=C[C@@H](OC(=O)c1ccccc1)[C@H](CO[C@@H]1O[C@H](CO)[C@@H]2OC(C)(C)O[C@@H]2[C@H]1O)NC(=O)CCCCCCCCCCCCCCC. The number of benzene rings is 1. The Morgan fingerprint density at radius 3 is 1.77 bits per heavy atom. The van der Waals surface area contributed by atoms with Gasteiger partial charge in [-0.1, -0.05) is 179 Å². The summed E-state index contributed by atoms with van der Waals surface area (Å²) >= 11 is 0. The third kappa shape index (κ3) is 21.2. The van der Waals surface area contributed by atoms with E-state index in [4.69, 9.17) is 23.7 Å². The van der Waals surface area contributed by atoms with Crippen molar-refractivity contribution in [2.75, 3.05) is 13.2 Å². The lowest BCUT2D eigenvalue weighted by Gasteiger charge is -2.39. The van der Waals surface area contributed by atoms with Gasteiger partial charge in [-0.15, -0.1) is 0 Å². The van der Waals surface area contributed by atoms with Crippen molar-refractivity contribution in [3.8, 4) is 0 Å². The summed E-state index contributed by atoms with van der Waals surface area (Å²) in [5.74, 6) is -1.63. The van der Waals surface area contributed by atoms with Crippen molar-refractivity contribution in [1.29, 1.82) is 0 Å². The Balaban J connectivity index is 1.60. The zero-order chi connectivity index (χ0) is 43.3. The maximum Gasteiger partial charge on any atom is 0.338 e. The van der Waals surface area contributed by atoms with Crippen LogP contribution < -0.4 is 5.32 Å². The monoisotopic (exact) mass is 844 g/mol. The number of nitrogens with one attached hydrogen (secondary N) is 1. The van der Waals surface area contributed by atoms with Crippen LogP contribution in [0.1, 0.15) is 205 Å². The van der Waals surface area contributed by atoms with Crippen LogP contribution in [0.3, 0.4) is 0 Å². The van der Waals surface area contributed by atoms with Crippen LogP contribution >= 0.6 is 0 Å². The van der Waals surface area contributed by atoms with Crippen molar-refractivity contribution >= 4 is 11.9 Å². The predicted octanol–water partition coefficient (Wildman–Crippen LogP) is 11.1. The summed E-state index contributed by atoms with van der Waals surface area (Å²) in [4.78, 5) is 27.0. The fraction of sp³-hybridized carbons (Fsp3) is 0.800. The molecule has 0 radical (unpaired) electrons. The van der Waals surface area contributed by atoms with Gasteiger partial charge in [-0.05, 0) is 51.3 Å². The Labute approximate surface area is 364 Å². The Bertz CT molecular complexity index is 1280. The molecule has 7 atom stereocenters. The number of ether oxygens (including phenoxy) is 5. The lowest BCUT2D eigenvalue weighted by molar-refractivity contribution is -0.284. The molecule has 2 aliphatic heterocycles. The molecular formula is C50H85NO9. The van der Waals surface area contributed by atoms with E-state index in [2.05, 4.69) is 19.2 Å². The van der Waals surface area contributed by atoms with Crippen LogP contribution in [0.4, 0.5) is 0 Å². The second-order valence-corrected chi connectivity index (χ2v) is 17.8. The van der Waals surface area contributed by atoms with Gasteiger partial charge in [0.05, 0.1) is 24.8 Å². The second-order valence-electron chi connectivity index (χ2n) is 17.8. The number of allylic oxidation sites excluding steroid dienone is 1. The molecule has 2 saturated heterocycles. The number of aliphatic hydroxyl groups excluding tert-OH is 2. The van der Waals surface area contributed by atoms with Gasteiger partial charge in [-0.25, -0.2) is 4.79 Å². The van der Waals surface area contributed by atoms with Gasteiger partial charge in [0.25, 0.3) is 0 Å². The van der Waals surface area contributed by atoms with Crippen LogP contribution in [-0.4, -0.2) is 83.9 Å². The van der Waals surface area contributed by atoms with Gasteiger partial charge in [0.1, 0.15) is 30.5 Å². The summed E-state index contributed by atoms with van der Waals surface area (Å²) in [6.45, 7) is 7.53. The normalized spacial score (nSPS) is 22.1. The molecule has 0 aromatic heterocycles. The third-order valence-electron chi connectivity index (χ3n) is 11.9. The molecule has 0 spiro atoms. The van der Waals surface area contributed by atoms with E-state index in [0.29, 0.717) is 12.0 Å². The molecule has 60 heavy (non-hydrogen) atoms. The minimum atomic E-state index is -1.22. The maximum absolute atomic E-state index is 13.6. The first-order valence-electron chi connectivity index (χ1n) is 24.3. The highest BCUT2D eigenvalue weighted by molar-refractivity contribution is 5.89. The van der Waals surface area contributed by atoms with Gasteiger partial charge in [0, 0.05) is 6.42 Å². The fourth-order valence-electron chi connectivity index (χ4n) is 8.32. The van der Waals surface area contributed by atoms with Crippen molar-refractivity contribution in [3.05, 3.63) is 48.0 Å². The Kier molecular flexibility index (Phi) is 27.3. The first kappa shape index (κ1) is 52.0. The summed E-state index contributed by atoms with van der Waals surface area (Å²) in [7, 11) is 0. The van der Waals surface area contributed by atoms with Crippen LogP contribution in [0.25, 0.3) is 0 Å². The zero-order valence-electron chi connectivity index (χ0n) is 38.1. The van der Waals surface area contributed by atoms with Gasteiger partial charge < -0.3 is 39.2 Å². The number of hydrogen-bond acceptors (Lipinski definition) is 9. The average Bonchev–Trinajstić information content (AvgIpc) is 3.58. The van der Waals surface area contributed by atoms with Gasteiger partial charge in [0.15, 0.2) is 12.1 Å². The molecule has 0 unspecified atom stereocenters. The smallest absolute Gasteiger partial charge is 0.338 e. The number of carbonyl (C=O) groups excluding carboxylic acids is 2. The molecule has 344 valence electrons. The number of aliphatic hydroxyl groups is 2. The van der Waals surface area contributed by atoms with E-state index >= 15 is 0 Å². The average molecular weight is 844 g/mol. The Morgan fingerprint density at radius 1 is 0.733 bits per heavy atom. The van der Waals surface area contributed by atoms with Gasteiger partial charge in [0.2, 0.25) is 5.91 Å². The summed E-state index contributed by atoms with van der Waals surface area (Å²) in [6.07, 6.45) is 29.3. The summed E-state index contributed by atoms with van der Waals surface area (Å²) in [5, 5.41) is 24.6. The minimum Gasteiger partial charge on any atom is -0.452 e. The van der Waals surface area contributed by atoms with Crippen molar-refractivity contribution in [1.82, 2.24) is 5.32 Å². The zero-order valence-corrected chi connectivity index (χ0v) is 38.1. The molecular weight excluding hydrogens is 759 g/mol. The molecule has 2 heterocycles. The second kappa shape index (κ2) is 31.5. The molecule has 2 fully saturated rings. The van der Waals surface area contributed by atoms with E-state index in [0.717, 1.165) is 38.5 Å². The lowest BCUT2D eigenvalue weighted by Crippen LogP contribution is -2.59. The molecule has 1 aromatic rings. The molecule has 1 aromatic carbocycles. The van der Waals surface area contributed by atoms with Crippen LogP contribution in [-0.2, 0) is 28.5 Å². The van der Waals surface area contributed by atoms with Gasteiger partial charge in [-0.3, -0.25) is 4.79 Å². The molecule has 1 amide bonds. The van der Waals surface area contributed by atoms with Crippen LogP contribution in [0.15, 0.2) is 42.5 Å². The molecule has 0 aliphatic carbocycles. The minimum absolute atomic E-state index is 0.124. The first-order chi connectivity index (χ1) is 29.2. The van der Waals surface area contributed by atoms with Crippen molar-refractivity contribution < 1.29 is 43.5 Å². The highest BCUT2D eigenvalue weighted by Gasteiger charge is 2.55. The van der Waals surface area contributed by atoms with E-state index < -0.39 is 54.6 Å². The summed E-state index contributed by atoms with van der Waals surface area (Å²) in [6, 6.07) is 8.04. The largest absolute Gasteiger partial charge is 0.452 e. The maximum atomic E-state index is 13.6. The molecule has 2 aliphatic rings. The van der Waals surface area contributed by atoms with E-state index in [-0.39, 0.29) is 19.1 Å². The van der Waals surface area contributed by atoms with E-state index in [9.17, 15) is 19.8 Å². The highest BCUT2D eigenvalue weighted by atomic mass is 16.8. The number of unbranched alkanes of at least 4 members (excludes halogenated alkanes) is 23. The van der Waals surface area contributed by atoms with Crippen LogP contribution in [0.2, 0.25) is 0 Å². The number of rotatable bonds is 35. The standard InChI is InChI=1S/C50H85NO9/c1-5-7-9-11-13-15-17-19-21-23-25-27-32-36-42(57-48(55)40-34-30-29-31-35-40)41(39-56-49-45(54)47-46(43(38-52)58-49)59-50(3,4)60-47)51-44(53)37-33-28-26-24-22-20-18-16-14-12-10-8-6-2/h29-32,34-36,41-43,45-47,49,52,54H,5-28,33,37-39H2,1-4H3,(H,51,53)/t41-,42+,43+,45+,46-,47+,49+/m0/s1. The molecule has 3 rings (SSSR count). The molecule has 0 bridgehead atoms. The van der Waals surface area contributed by atoms with E-state index in [1.54, 1.807) is 38.1 Å². The van der Waals surface area contributed by atoms with E-state index in [1.807, 2.05) is 18.2 Å². The van der Waals surface area contributed by atoms with Crippen molar-refractivity contribution in [2.45, 2.75) is 243 Å². The molecule has 10 heteroatoms. The van der Waals surface area contributed by atoms with Gasteiger partial charge in [-0.2, -0.15) is 0 Å². The number of amides is 1. The predicted molar refractivity (Wildman–Crippen MR) is 240 cm³/mol. The number of esters is 1. The molecule has 3 N–H and O–H groups in total. The first-order valence-corrected chi connectivity index (χ1v) is 24.3. The quantitative estimate of drug-likeness (QED) is 0.0347.